The van der Waals surface area contributed by atoms with Crippen LogP contribution in [0.15, 0.2) is 24.3 Å². The zero-order chi connectivity index (χ0) is 12.3. The van der Waals surface area contributed by atoms with Crippen LogP contribution in [0.3, 0.4) is 0 Å². The highest BCUT2D eigenvalue weighted by Gasteiger charge is 2.26. The molecule has 0 aliphatic carbocycles. The molecule has 1 fully saturated rings. The molecule has 17 heavy (non-hydrogen) atoms. The summed E-state index contributed by atoms with van der Waals surface area (Å²) in [6.45, 7) is 7.24. The van der Waals surface area contributed by atoms with E-state index in [1.165, 1.54) is 6.07 Å². The van der Waals surface area contributed by atoms with Gasteiger partial charge in [-0.1, -0.05) is 26.0 Å². The second-order valence-electron chi connectivity index (χ2n) is 4.83. The number of hydrogen-bond donors (Lipinski definition) is 1. The SMILES string of the molecule is CCNC1CCN(c2ccccc2F)CC1C. The second kappa shape index (κ2) is 5.50. The van der Waals surface area contributed by atoms with Gasteiger partial charge in [-0.2, -0.15) is 0 Å². The Labute approximate surface area is 103 Å². The van der Waals surface area contributed by atoms with Gasteiger partial charge < -0.3 is 10.2 Å². The summed E-state index contributed by atoms with van der Waals surface area (Å²) in [7, 11) is 0. The first kappa shape index (κ1) is 12.4. The van der Waals surface area contributed by atoms with Gasteiger partial charge in [0.25, 0.3) is 0 Å². The Bertz CT molecular complexity index is 367. The van der Waals surface area contributed by atoms with Crippen molar-refractivity contribution in [1.29, 1.82) is 0 Å². The summed E-state index contributed by atoms with van der Waals surface area (Å²) in [6, 6.07) is 7.63. The molecule has 1 aromatic rings. The van der Waals surface area contributed by atoms with E-state index in [0.717, 1.165) is 31.7 Å². The maximum Gasteiger partial charge on any atom is 0.146 e. The van der Waals surface area contributed by atoms with Gasteiger partial charge in [0.2, 0.25) is 0 Å². The molecule has 2 unspecified atom stereocenters. The number of piperidine rings is 1. The summed E-state index contributed by atoms with van der Waals surface area (Å²) in [4.78, 5) is 2.16. The average molecular weight is 236 g/mol. The van der Waals surface area contributed by atoms with Gasteiger partial charge in [-0.15, -0.1) is 0 Å². The maximum atomic E-state index is 13.7. The third kappa shape index (κ3) is 2.78. The van der Waals surface area contributed by atoms with Gasteiger partial charge in [0.15, 0.2) is 0 Å². The van der Waals surface area contributed by atoms with E-state index in [1.54, 1.807) is 6.07 Å². The van der Waals surface area contributed by atoms with Crippen LogP contribution in [-0.2, 0) is 0 Å². The lowest BCUT2D eigenvalue weighted by Crippen LogP contribution is -2.48. The molecular formula is C14H21FN2. The van der Waals surface area contributed by atoms with Crippen LogP contribution in [0, 0.1) is 11.7 Å². The lowest BCUT2D eigenvalue weighted by atomic mass is 9.93. The molecule has 3 heteroatoms. The molecule has 1 aliphatic heterocycles. The predicted molar refractivity (Wildman–Crippen MR) is 69.9 cm³/mol. The number of benzene rings is 1. The molecule has 1 aliphatic rings. The largest absolute Gasteiger partial charge is 0.369 e. The van der Waals surface area contributed by atoms with E-state index < -0.39 is 0 Å². The predicted octanol–water partition coefficient (Wildman–Crippen LogP) is 2.65. The standard InChI is InChI=1S/C14H21FN2/c1-3-16-13-8-9-17(10-11(13)2)14-7-5-4-6-12(14)15/h4-7,11,13,16H,3,8-10H2,1-2H3. The molecule has 1 heterocycles. The van der Waals surface area contributed by atoms with Gasteiger partial charge in [-0.05, 0) is 31.0 Å². The van der Waals surface area contributed by atoms with Crippen LogP contribution in [0.1, 0.15) is 20.3 Å². The average Bonchev–Trinajstić information content (AvgIpc) is 2.33. The molecule has 0 radical (unpaired) electrons. The summed E-state index contributed by atoms with van der Waals surface area (Å²) < 4.78 is 13.7. The summed E-state index contributed by atoms with van der Waals surface area (Å²) in [5.74, 6) is 0.449. The van der Waals surface area contributed by atoms with Crippen molar-refractivity contribution in [2.24, 2.45) is 5.92 Å². The normalized spacial score (nSPS) is 25.0. The molecule has 2 nitrogen and oxygen atoms in total. The highest BCUT2D eigenvalue weighted by molar-refractivity contribution is 5.48. The zero-order valence-electron chi connectivity index (χ0n) is 10.6. The summed E-state index contributed by atoms with van der Waals surface area (Å²) >= 11 is 0. The first-order valence-electron chi connectivity index (χ1n) is 6.45. The van der Waals surface area contributed by atoms with Gasteiger partial charge in [0.1, 0.15) is 5.82 Å². The topological polar surface area (TPSA) is 15.3 Å². The summed E-state index contributed by atoms with van der Waals surface area (Å²) in [6.07, 6.45) is 1.09. The van der Waals surface area contributed by atoms with Crippen molar-refractivity contribution in [3.05, 3.63) is 30.1 Å². The fourth-order valence-electron chi connectivity index (χ4n) is 2.64. The number of nitrogens with zero attached hydrogens (tertiary/aromatic N) is 1. The number of rotatable bonds is 3. The minimum Gasteiger partial charge on any atom is -0.369 e. The van der Waals surface area contributed by atoms with E-state index in [1.807, 2.05) is 12.1 Å². The quantitative estimate of drug-likeness (QED) is 0.868. The van der Waals surface area contributed by atoms with Crippen LogP contribution in [0.4, 0.5) is 10.1 Å². The molecule has 1 saturated heterocycles. The van der Waals surface area contributed by atoms with Crippen LogP contribution in [0.2, 0.25) is 0 Å². The molecule has 1 N–H and O–H groups in total. The Morgan fingerprint density at radius 3 is 2.82 bits per heavy atom. The molecule has 0 spiro atoms. The molecular weight excluding hydrogens is 215 g/mol. The van der Waals surface area contributed by atoms with Gasteiger partial charge in [-0.25, -0.2) is 4.39 Å². The van der Waals surface area contributed by atoms with E-state index in [-0.39, 0.29) is 5.82 Å². The third-order valence-electron chi connectivity index (χ3n) is 3.56. The maximum absolute atomic E-state index is 13.7. The van der Waals surface area contributed by atoms with Crippen LogP contribution in [0.5, 0.6) is 0 Å². The fraction of sp³-hybridized carbons (Fsp3) is 0.571. The van der Waals surface area contributed by atoms with Crippen molar-refractivity contribution < 1.29 is 4.39 Å². The molecule has 0 aromatic heterocycles. The molecule has 0 saturated carbocycles. The van der Waals surface area contributed by atoms with Gasteiger partial charge >= 0.3 is 0 Å². The van der Waals surface area contributed by atoms with Crippen molar-refractivity contribution >= 4 is 5.69 Å². The van der Waals surface area contributed by atoms with Crippen LogP contribution in [-0.4, -0.2) is 25.7 Å². The Morgan fingerprint density at radius 1 is 1.41 bits per heavy atom. The second-order valence-corrected chi connectivity index (χ2v) is 4.83. The minimum atomic E-state index is -0.110. The van der Waals surface area contributed by atoms with Crippen molar-refractivity contribution in [3.8, 4) is 0 Å². The lowest BCUT2D eigenvalue weighted by Gasteiger charge is -2.38. The third-order valence-corrected chi connectivity index (χ3v) is 3.56. The fourth-order valence-corrected chi connectivity index (χ4v) is 2.64. The van der Waals surface area contributed by atoms with Crippen molar-refractivity contribution in [2.75, 3.05) is 24.5 Å². The number of nitrogens with one attached hydrogen (secondary N) is 1. The van der Waals surface area contributed by atoms with E-state index in [2.05, 4.69) is 24.1 Å². The van der Waals surface area contributed by atoms with Crippen molar-refractivity contribution in [3.63, 3.8) is 0 Å². The molecule has 0 bridgehead atoms. The molecule has 2 atom stereocenters. The molecule has 2 rings (SSSR count). The molecule has 94 valence electrons. The van der Waals surface area contributed by atoms with Crippen molar-refractivity contribution in [2.45, 2.75) is 26.3 Å². The van der Waals surface area contributed by atoms with E-state index in [4.69, 9.17) is 0 Å². The first-order chi connectivity index (χ1) is 8.22. The smallest absolute Gasteiger partial charge is 0.146 e. The lowest BCUT2D eigenvalue weighted by molar-refractivity contribution is 0.325. The van der Waals surface area contributed by atoms with Crippen LogP contribution >= 0.6 is 0 Å². The van der Waals surface area contributed by atoms with E-state index in [0.29, 0.717) is 12.0 Å². The van der Waals surface area contributed by atoms with Crippen LogP contribution in [0.25, 0.3) is 0 Å². The van der Waals surface area contributed by atoms with Crippen molar-refractivity contribution in [1.82, 2.24) is 5.32 Å². The first-order valence-corrected chi connectivity index (χ1v) is 6.45. The summed E-state index contributed by atoms with van der Waals surface area (Å²) in [5.41, 5.74) is 0.745. The zero-order valence-corrected chi connectivity index (χ0v) is 10.6. The Morgan fingerprint density at radius 2 is 2.18 bits per heavy atom. The highest BCUT2D eigenvalue weighted by atomic mass is 19.1. The van der Waals surface area contributed by atoms with Gasteiger partial charge in [0, 0.05) is 19.1 Å². The Balaban J connectivity index is 2.04. The monoisotopic (exact) mass is 236 g/mol. The molecule has 1 aromatic carbocycles. The van der Waals surface area contributed by atoms with Crippen LogP contribution < -0.4 is 10.2 Å². The molecule has 0 amide bonds. The van der Waals surface area contributed by atoms with E-state index in [9.17, 15) is 4.39 Å². The highest BCUT2D eigenvalue weighted by Crippen LogP contribution is 2.25. The number of para-hydroxylation sites is 1. The number of hydrogen-bond acceptors (Lipinski definition) is 2. The summed E-state index contributed by atoms with van der Waals surface area (Å²) in [5, 5.41) is 3.50. The minimum absolute atomic E-state index is 0.110. The number of anilines is 1. The Hall–Kier alpha value is -1.09. The number of halogens is 1. The Kier molecular flexibility index (Phi) is 4.00. The van der Waals surface area contributed by atoms with E-state index >= 15 is 0 Å². The van der Waals surface area contributed by atoms with Gasteiger partial charge in [0.05, 0.1) is 5.69 Å². The van der Waals surface area contributed by atoms with Gasteiger partial charge in [-0.3, -0.25) is 0 Å².